The van der Waals surface area contributed by atoms with Gasteiger partial charge in [-0.1, -0.05) is 47.7 Å². The third-order valence-corrected chi connectivity index (χ3v) is 8.16. The summed E-state index contributed by atoms with van der Waals surface area (Å²) in [5, 5.41) is 3.71. The molecule has 0 bridgehead atoms. The third kappa shape index (κ3) is 4.25. The fourth-order valence-corrected chi connectivity index (χ4v) is 6.72. The van der Waals surface area contributed by atoms with Crippen LogP contribution in [0.15, 0.2) is 47.5 Å². The quantitative estimate of drug-likeness (QED) is 0.784. The van der Waals surface area contributed by atoms with Crippen molar-refractivity contribution in [3.63, 3.8) is 0 Å². The Bertz CT molecular complexity index is 1090. The molecule has 8 heteroatoms. The Morgan fingerprint density at radius 3 is 2.43 bits per heavy atom. The first-order valence-electron chi connectivity index (χ1n) is 9.86. The Morgan fingerprint density at radius 1 is 1.10 bits per heavy atom. The van der Waals surface area contributed by atoms with Crippen LogP contribution < -0.4 is 10.2 Å². The van der Waals surface area contributed by atoms with Crippen LogP contribution in [0.25, 0.3) is 0 Å². The van der Waals surface area contributed by atoms with Crippen molar-refractivity contribution in [3.05, 3.63) is 59.2 Å². The number of benzene rings is 2. The molecule has 2 aromatic carbocycles. The number of aryl methyl sites for hydroxylation is 3. The summed E-state index contributed by atoms with van der Waals surface area (Å²) in [4.78, 5) is 19.3. The zero-order valence-corrected chi connectivity index (χ0v) is 18.9. The number of carbonyl (C=O) groups is 1. The van der Waals surface area contributed by atoms with E-state index in [1.807, 2.05) is 68.1 Å². The molecular weight excluding hydrogens is 418 g/mol. The molecular formula is C22H25N3O3S2. The first-order chi connectivity index (χ1) is 14.2. The number of rotatable bonds is 4. The van der Waals surface area contributed by atoms with E-state index in [1.54, 1.807) is 0 Å². The van der Waals surface area contributed by atoms with Gasteiger partial charge in [0.25, 0.3) is 0 Å². The smallest absolute Gasteiger partial charge is 0.234 e. The van der Waals surface area contributed by atoms with Gasteiger partial charge >= 0.3 is 0 Å². The van der Waals surface area contributed by atoms with Gasteiger partial charge in [0, 0.05) is 11.4 Å². The molecule has 0 saturated carbocycles. The van der Waals surface area contributed by atoms with Crippen LogP contribution in [0, 0.1) is 20.8 Å². The lowest BCUT2D eigenvalue weighted by atomic mass is 10.1. The van der Waals surface area contributed by atoms with E-state index in [9.17, 15) is 13.2 Å². The number of amidine groups is 1. The fraction of sp³-hybridized carbons (Fsp3) is 0.364. The predicted octanol–water partition coefficient (Wildman–Crippen LogP) is 3.33. The van der Waals surface area contributed by atoms with Crippen LogP contribution in [0.2, 0.25) is 0 Å². The first-order valence-corrected chi connectivity index (χ1v) is 12.7. The summed E-state index contributed by atoms with van der Waals surface area (Å²) in [6.07, 6.45) is 0. The maximum atomic E-state index is 12.6. The summed E-state index contributed by atoms with van der Waals surface area (Å²) in [5.74, 6) is 0.265. The average molecular weight is 444 g/mol. The van der Waals surface area contributed by atoms with Crippen LogP contribution in [0.3, 0.4) is 0 Å². The Labute approximate surface area is 181 Å². The molecule has 2 atom stereocenters. The van der Waals surface area contributed by atoms with Gasteiger partial charge in [-0.2, -0.15) is 0 Å². The minimum absolute atomic E-state index is 0.0681. The third-order valence-electron chi connectivity index (χ3n) is 5.50. The van der Waals surface area contributed by atoms with Gasteiger partial charge in [-0.15, -0.1) is 0 Å². The molecule has 158 valence electrons. The molecule has 0 radical (unpaired) electrons. The van der Waals surface area contributed by atoms with Crippen LogP contribution in [0.5, 0.6) is 0 Å². The van der Waals surface area contributed by atoms with Gasteiger partial charge in [0.15, 0.2) is 15.0 Å². The van der Waals surface area contributed by atoms with Crippen molar-refractivity contribution in [2.45, 2.75) is 32.9 Å². The van der Waals surface area contributed by atoms with Crippen molar-refractivity contribution in [2.75, 3.05) is 27.5 Å². The second kappa shape index (κ2) is 8.07. The summed E-state index contributed by atoms with van der Waals surface area (Å²) in [7, 11) is -3.10. The Kier molecular flexibility index (Phi) is 5.63. The first kappa shape index (κ1) is 20.9. The van der Waals surface area contributed by atoms with Gasteiger partial charge in [-0.3, -0.25) is 9.79 Å². The van der Waals surface area contributed by atoms with Crippen molar-refractivity contribution >= 4 is 44.0 Å². The molecule has 1 amide bonds. The number of aliphatic imine (C=N–C) groups is 1. The average Bonchev–Trinajstić information content (AvgIpc) is 3.15. The molecule has 0 unspecified atom stereocenters. The lowest BCUT2D eigenvalue weighted by Crippen LogP contribution is -2.39. The summed E-state index contributed by atoms with van der Waals surface area (Å²) in [6, 6.07) is 13.4. The number of nitrogens with zero attached hydrogens (tertiary/aromatic N) is 2. The van der Waals surface area contributed by atoms with Gasteiger partial charge < -0.3 is 10.2 Å². The van der Waals surface area contributed by atoms with E-state index in [0.717, 1.165) is 28.1 Å². The number of anilines is 2. The number of sulfone groups is 1. The monoisotopic (exact) mass is 443 g/mol. The number of nitrogens with one attached hydrogen (secondary N) is 1. The van der Waals surface area contributed by atoms with Crippen LogP contribution in [-0.2, 0) is 14.6 Å². The maximum Gasteiger partial charge on any atom is 0.234 e. The number of carbonyl (C=O) groups excluding carboxylic acids is 1. The van der Waals surface area contributed by atoms with Crippen molar-refractivity contribution < 1.29 is 13.2 Å². The number of thioether (sulfide) groups is 1. The molecule has 0 aliphatic carbocycles. The number of hydrogen-bond donors (Lipinski definition) is 1. The van der Waals surface area contributed by atoms with Gasteiger partial charge in [0.2, 0.25) is 5.91 Å². The standard InChI is InChI=1S/C22H25N3O3S2/c1-14-7-9-17(10-8-14)25-19-13-30(27,28)12-18(19)23-22(25)29-11-20(26)24-21-15(2)5-4-6-16(21)3/h4-10,18-19H,11-13H2,1-3H3,(H,24,26)/t18-,19-/m1/s1. The summed E-state index contributed by atoms with van der Waals surface area (Å²) in [6.45, 7) is 5.95. The van der Waals surface area contributed by atoms with E-state index < -0.39 is 9.84 Å². The minimum atomic E-state index is -3.10. The highest BCUT2D eigenvalue weighted by Crippen LogP contribution is 2.35. The van der Waals surface area contributed by atoms with E-state index in [2.05, 4.69) is 10.3 Å². The molecule has 1 fully saturated rings. The molecule has 2 aliphatic heterocycles. The highest BCUT2D eigenvalue weighted by Gasteiger charge is 2.47. The van der Waals surface area contributed by atoms with Crippen molar-refractivity contribution in [3.8, 4) is 0 Å². The van der Waals surface area contributed by atoms with E-state index in [0.29, 0.717) is 5.17 Å². The molecule has 2 aromatic rings. The van der Waals surface area contributed by atoms with Crippen molar-refractivity contribution in [1.82, 2.24) is 0 Å². The fourth-order valence-electron chi connectivity index (χ4n) is 3.96. The number of hydrogen-bond acceptors (Lipinski definition) is 6. The van der Waals surface area contributed by atoms with Crippen LogP contribution in [0.4, 0.5) is 11.4 Å². The summed E-state index contributed by atoms with van der Waals surface area (Å²) < 4.78 is 24.3. The summed E-state index contributed by atoms with van der Waals surface area (Å²) in [5.41, 5.74) is 4.93. The Morgan fingerprint density at radius 2 is 1.77 bits per heavy atom. The number of amides is 1. The predicted molar refractivity (Wildman–Crippen MR) is 124 cm³/mol. The SMILES string of the molecule is Cc1ccc(N2C(SCC(=O)Nc3c(C)cccc3C)=N[C@@H]3CS(=O)(=O)C[C@H]32)cc1. The van der Waals surface area contributed by atoms with Gasteiger partial charge in [-0.25, -0.2) is 8.42 Å². The zero-order chi connectivity index (χ0) is 21.5. The van der Waals surface area contributed by atoms with Crippen molar-refractivity contribution in [1.29, 1.82) is 0 Å². The minimum Gasteiger partial charge on any atom is -0.325 e. The highest BCUT2D eigenvalue weighted by atomic mass is 32.2. The van der Waals surface area contributed by atoms with Gasteiger partial charge in [0.1, 0.15) is 0 Å². The van der Waals surface area contributed by atoms with E-state index in [1.165, 1.54) is 11.8 Å². The number of para-hydroxylation sites is 1. The molecule has 6 nitrogen and oxygen atoms in total. The zero-order valence-electron chi connectivity index (χ0n) is 17.3. The Hall–Kier alpha value is -2.32. The van der Waals surface area contributed by atoms with E-state index in [-0.39, 0.29) is 35.2 Å². The lowest BCUT2D eigenvalue weighted by molar-refractivity contribution is -0.113. The molecule has 0 spiro atoms. The highest BCUT2D eigenvalue weighted by molar-refractivity contribution is 8.14. The normalized spacial score (nSPS) is 22.0. The second-order valence-corrected chi connectivity index (χ2v) is 11.0. The lowest BCUT2D eigenvalue weighted by Gasteiger charge is -2.26. The largest absolute Gasteiger partial charge is 0.325 e. The van der Waals surface area contributed by atoms with Gasteiger partial charge in [-0.05, 0) is 44.0 Å². The number of fused-ring (bicyclic) bond motifs is 1. The van der Waals surface area contributed by atoms with Crippen molar-refractivity contribution in [2.24, 2.45) is 4.99 Å². The summed E-state index contributed by atoms with van der Waals surface area (Å²) >= 11 is 1.36. The molecule has 2 heterocycles. The van der Waals surface area contributed by atoms with Crippen LogP contribution in [0.1, 0.15) is 16.7 Å². The van der Waals surface area contributed by atoms with Gasteiger partial charge in [0.05, 0.1) is 29.3 Å². The molecule has 1 N–H and O–H groups in total. The van der Waals surface area contributed by atoms with Crippen LogP contribution in [-0.4, -0.2) is 48.8 Å². The topological polar surface area (TPSA) is 78.8 Å². The van der Waals surface area contributed by atoms with Crippen LogP contribution >= 0.6 is 11.8 Å². The molecule has 0 aromatic heterocycles. The Balaban J connectivity index is 1.51. The van der Waals surface area contributed by atoms with E-state index in [4.69, 9.17) is 0 Å². The second-order valence-electron chi connectivity index (χ2n) is 7.93. The maximum absolute atomic E-state index is 12.6. The molecule has 30 heavy (non-hydrogen) atoms. The molecule has 2 aliphatic rings. The van der Waals surface area contributed by atoms with E-state index >= 15 is 0 Å². The molecule has 4 rings (SSSR count). The molecule has 1 saturated heterocycles.